The van der Waals surface area contributed by atoms with Crippen molar-refractivity contribution in [3.63, 3.8) is 0 Å². The Morgan fingerprint density at radius 2 is 2.04 bits per heavy atom. The van der Waals surface area contributed by atoms with Crippen LogP contribution in [0.5, 0.6) is 0 Å². The van der Waals surface area contributed by atoms with Crippen LogP contribution >= 0.6 is 0 Å². The van der Waals surface area contributed by atoms with Gasteiger partial charge in [-0.15, -0.1) is 0 Å². The molecule has 3 rings (SSSR count). The minimum absolute atomic E-state index is 0.107. The Labute approximate surface area is 143 Å². The van der Waals surface area contributed by atoms with Crippen LogP contribution in [0.15, 0.2) is 48.5 Å². The van der Waals surface area contributed by atoms with Crippen molar-refractivity contribution in [2.75, 3.05) is 5.32 Å². The van der Waals surface area contributed by atoms with E-state index in [-0.39, 0.29) is 17.2 Å². The average Bonchev–Trinajstić information content (AvgIpc) is 2.63. The number of nitrogens with zero attached hydrogens (tertiary/aromatic N) is 2. The fraction of sp³-hybridized carbons (Fsp3) is 0.176. The molecule has 0 spiro atoms. The number of hydrogen-bond donors (Lipinski definition) is 2. The predicted octanol–water partition coefficient (Wildman–Crippen LogP) is 2.54. The van der Waals surface area contributed by atoms with Gasteiger partial charge in [0.2, 0.25) is 0 Å². The first-order valence-electron chi connectivity index (χ1n) is 7.76. The quantitative estimate of drug-likeness (QED) is 0.657. The number of carbonyl (C=O) groups is 2. The van der Waals surface area contributed by atoms with Gasteiger partial charge < -0.3 is 5.32 Å². The lowest BCUT2D eigenvalue weighted by Crippen LogP contribution is -2.57. The van der Waals surface area contributed by atoms with Gasteiger partial charge >= 0.3 is 0 Å². The summed E-state index contributed by atoms with van der Waals surface area (Å²) >= 11 is 0. The molecule has 8 heteroatoms. The Hall–Kier alpha value is -3.42. The van der Waals surface area contributed by atoms with Gasteiger partial charge in [0.05, 0.1) is 10.5 Å². The van der Waals surface area contributed by atoms with Crippen LogP contribution in [-0.4, -0.2) is 27.9 Å². The maximum Gasteiger partial charge on any atom is 0.276 e. The Balaban J connectivity index is 1.86. The Morgan fingerprint density at radius 1 is 1.28 bits per heavy atom. The van der Waals surface area contributed by atoms with Gasteiger partial charge in [-0.2, -0.15) is 0 Å². The highest BCUT2D eigenvalue weighted by Gasteiger charge is 2.32. The minimum atomic E-state index is -0.586. The molecule has 0 saturated carbocycles. The monoisotopic (exact) mass is 340 g/mol. The number of nitro benzene ring substituents is 1. The third-order valence-corrected chi connectivity index (χ3v) is 3.94. The summed E-state index contributed by atoms with van der Waals surface area (Å²) in [4.78, 5) is 35.4. The van der Waals surface area contributed by atoms with E-state index in [9.17, 15) is 19.7 Å². The highest BCUT2D eigenvalue weighted by atomic mass is 16.6. The van der Waals surface area contributed by atoms with Crippen molar-refractivity contribution in [3.8, 4) is 0 Å². The van der Waals surface area contributed by atoms with Crippen LogP contribution in [-0.2, 0) is 0 Å². The first-order valence-corrected chi connectivity index (χ1v) is 7.76. The Kier molecular flexibility index (Phi) is 4.34. The number of para-hydroxylation sites is 1. The molecule has 2 aromatic rings. The van der Waals surface area contributed by atoms with Crippen LogP contribution in [0.4, 0.5) is 11.4 Å². The van der Waals surface area contributed by atoms with Crippen molar-refractivity contribution >= 4 is 23.2 Å². The zero-order valence-electron chi connectivity index (χ0n) is 13.4. The van der Waals surface area contributed by atoms with Crippen LogP contribution in [0.3, 0.4) is 0 Å². The number of non-ortho nitro benzene ring substituents is 1. The van der Waals surface area contributed by atoms with Gasteiger partial charge in [0.25, 0.3) is 17.5 Å². The van der Waals surface area contributed by atoms with Crippen molar-refractivity contribution in [2.24, 2.45) is 0 Å². The predicted molar refractivity (Wildman–Crippen MR) is 90.9 cm³/mol. The van der Waals surface area contributed by atoms with E-state index in [1.165, 1.54) is 29.3 Å². The average molecular weight is 340 g/mol. The molecule has 1 heterocycles. The summed E-state index contributed by atoms with van der Waals surface area (Å²) in [7, 11) is 0. The fourth-order valence-corrected chi connectivity index (χ4v) is 2.66. The molecular weight excluding hydrogens is 324 g/mol. The van der Waals surface area contributed by atoms with Gasteiger partial charge in [0, 0.05) is 23.4 Å². The first kappa shape index (κ1) is 16.4. The van der Waals surface area contributed by atoms with Gasteiger partial charge in [-0.1, -0.05) is 25.1 Å². The summed E-state index contributed by atoms with van der Waals surface area (Å²) in [6, 6.07) is 12.4. The third-order valence-electron chi connectivity index (χ3n) is 3.94. The number of amides is 2. The van der Waals surface area contributed by atoms with E-state index in [1.54, 1.807) is 18.2 Å². The molecule has 0 radical (unpaired) electrons. The van der Waals surface area contributed by atoms with Crippen LogP contribution in [0.1, 0.15) is 34.1 Å². The maximum atomic E-state index is 12.7. The standard InChI is InChI=1S/C17H16N4O4/c1-2-15-18-14-9-4-3-8-13(14)17(23)20(15)19-16(22)11-6-5-7-12(10-11)21(24)25/h3-10,15,18H,2H2,1H3,(H,19,22). The molecule has 0 bridgehead atoms. The fourth-order valence-electron chi connectivity index (χ4n) is 2.66. The molecule has 2 N–H and O–H groups in total. The summed E-state index contributed by atoms with van der Waals surface area (Å²) < 4.78 is 0. The van der Waals surface area contributed by atoms with Crippen molar-refractivity contribution in [2.45, 2.75) is 19.5 Å². The SMILES string of the molecule is CCC1Nc2ccccc2C(=O)N1NC(=O)c1cccc([N+](=O)[O-])c1. The number of fused-ring (bicyclic) bond motifs is 1. The molecule has 128 valence electrons. The molecule has 0 aromatic heterocycles. The molecule has 8 nitrogen and oxygen atoms in total. The highest BCUT2D eigenvalue weighted by molar-refractivity contribution is 6.03. The molecule has 0 saturated heterocycles. The number of hydrogen-bond acceptors (Lipinski definition) is 5. The molecular formula is C17H16N4O4. The minimum Gasteiger partial charge on any atom is -0.363 e. The van der Waals surface area contributed by atoms with E-state index in [1.807, 2.05) is 13.0 Å². The van der Waals surface area contributed by atoms with Gasteiger partial charge in [-0.05, 0) is 24.6 Å². The second-order valence-electron chi connectivity index (χ2n) is 5.54. The van der Waals surface area contributed by atoms with Crippen molar-refractivity contribution in [1.29, 1.82) is 0 Å². The van der Waals surface area contributed by atoms with E-state index in [4.69, 9.17) is 0 Å². The molecule has 0 aliphatic carbocycles. The Morgan fingerprint density at radius 3 is 2.76 bits per heavy atom. The van der Waals surface area contributed by atoms with Gasteiger partial charge in [0.15, 0.2) is 0 Å². The largest absolute Gasteiger partial charge is 0.363 e. The number of carbonyl (C=O) groups excluding carboxylic acids is 2. The first-order chi connectivity index (χ1) is 12.0. The summed E-state index contributed by atoms with van der Waals surface area (Å²) in [5.41, 5.74) is 3.63. The van der Waals surface area contributed by atoms with Crippen LogP contribution in [0.2, 0.25) is 0 Å². The van der Waals surface area contributed by atoms with Crippen LogP contribution in [0.25, 0.3) is 0 Å². The lowest BCUT2D eigenvalue weighted by molar-refractivity contribution is -0.384. The summed E-state index contributed by atoms with van der Waals surface area (Å²) in [6.45, 7) is 1.88. The zero-order valence-corrected chi connectivity index (χ0v) is 13.4. The van der Waals surface area contributed by atoms with Crippen molar-refractivity contribution in [1.82, 2.24) is 10.4 Å². The molecule has 0 fully saturated rings. The number of hydrazine groups is 1. The zero-order chi connectivity index (χ0) is 18.0. The second-order valence-corrected chi connectivity index (χ2v) is 5.54. The van der Waals surface area contributed by atoms with E-state index in [2.05, 4.69) is 10.7 Å². The molecule has 1 aliphatic heterocycles. The molecule has 2 amide bonds. The van der Waals surface area contributed by atoms with Crippen LogP contribution < -0.4 is 10.7 Å². The summed E-state index contributed by atoms with van der Waals surface area (Å²) in [5, 5.41) is 15.3. The molecule has 2 aromatic carbocycles. The third kappa shape index (κ3) is 3.14. The van der Waals surface area contributed by atoms with Crippen molar-refractivity contribution in [3.05, 3.63) is 69.8 Å². The topological polar surface area (TPSA) is 105 Å². The van der Waals surface area contributed by atoms with Crippen LogP contribution in [0, 0.1) is 10.1 Å². The van der Waals surface area contributed by atoms with Crippen molar-refractivity contribution < 1.29 is 14.5 Å². The van der Waals surface area contributed by atoms with E-state index < -0.39 is 17.0 Å². The van der Waals surface area contributed by atoms with E-state index in [0.717, 1.165) is 0 Å². The summed E-state index contributed by atoms with van der Waals surface area (Å²) in [6.07, 6.45) is 0.153. The molecule has 25 heavy (non-hydrogen) atoms. The number of rotatable bonds is 4. The maximum absolute atomic E-state index is 12.7. The molecule has 1 atom stereocenters. The summed E-state index contributed by atoms with van der Waals surface area (Å²) in [5.74, 6) is -0.920. The number of benzene rings is 2. The van der Waals surface area contributed by atoms with Gasteiger partial charge in [-0.25, -0.2) is 5.01 Å². The van der Waals surface area contributed by atoms with E-state index in [0.29, 0.717) is 17.7 Å². The second kappa shape index (κ2) is 6.60. The highest BCUT2D eigenvalue weighted by Crippen LogP contribution is 2.25. The molecule has 1 unspecified atom stereocenters. The van der Waals surface area contributed by atoms with Gasteiger partial charge in [0.1, 0.15) is 6.17 Å². The lowest BCUT2D eigenvalue weighted by Gasteiger charge is -2.37. The van der Waals surface area contributed by atoms with Gasteiger partial charge in [-0.3, -0.25) is 25.1 Å². The molecule has 1 aliphatic rings. The van der Waals surface area contributed by atoms with E-state index >= 15 is 0 Å². The normalized spacial score (nSPS) is 16.0. The lowest BCUT2D eigenvalue weighted by atomic mass is 10.1. The smallest absolute Gasteiger partial charge is 0.276 e. The Bertz CT molecular complexity index is 852. The number of anilines is 1. The number of nitrogens with one attached hydrogen (secondary N) is 2. The number of nitro groups is 1.